The van der Waals surface area contributed by atoms with E-state index in [1.807, 2.05) is 0 Å². The molecule has 0 spiro atoms. The summed E-state index contributed by atoms with van der Waals surface area (Å²) >= 11 is 3.18. The number of aromatic nitrogens is 1. The third-order valence-corrected chi connectivity index (χ3v) is 1.83. The maximum atomic E-state index is 11.0. The number of hydroxylamine groups is 1. The van der Waals surface area contributed by atoms with Gasteiger partial charge in [-0.3, -0.25) is 4.84 Å². The Balaban J connectivity index is 2.63. The SMILES string of the molecule is CONC(=O)Nc1cccnc1Br. The van der Waals surface area contributed by atoms with Gasteiger partial charge in [-0.15, -0.1) is 0 Å². The van der Waals surface area contributed by atoms with Crippen LogP contribution in [-0.4, -0.2) is 18.1 Å². The number of carbonyl (C=O) groups excluding carboxylic acids is 1. The molecule has 0 aliphatic carbocycles. The summed E-state index contributed by atoms with van der Waals surface area (Å²) in [5.41, 5.74) is 2.70. The van der Waals surface area contributed by atoms with Crippen molar-refractivity contribution in [2.24, 2.45) is 0 Å². The summed E-state index contributed by atoms with van der Waals surface area (Å²) in [6.07, 6.45) is 1.61. The number of nitrogens with one attached hydrogen (secondary N) is 2. The predicted molar refractivity (Wildman–Crippen MR) is 51.1 cm³/mol. The van der Waals surface area contributed by atoms with Crippen molar-refractivity contribution in [2.75, 3.05) is 12.4 Å². The van der Waals surface area contributed by atoms with E-state index in [1.54, 1.807) is 18.3 Å². The molecule has 0 aliphatic heterocycles. The molecule has 0 aliphatic rings. The van der Waals surface area contributed by atoms with Crippen molar-refractivity contribution < 1.29 is 9.63 Å². The van der Waals surface area contributed by atoms with Gasteiger partial charge in [-0.25, -0.2) is 15.3 Å². The lowest BCUT2D eigenvalue weighted by atomic mass is 10.4. The number of rotatable bonds is 2. The molecular weight excluding hydrogens is 238 g/mol. The Hall–Kier alpha value is -1.14. The molecule has 5 nitrogen and oxygen atoms in total. The van der Waals surface area contributed by atoms with Gasteiger partial charge < -0.3 is 5.32 Å². The fraction of sp³-hybridized carbons (Fsp3) is 0.143. The van der Waals surface area contributed by atoms with Crippen LogP contribution in [0.3, 0.4) is 0 Å². The van der Waals surface area contributed by atoms with E-state index in [4.69, 9.17) is 0 Å². The second-order valence-corrected chi connectivity index (χ2v) is 2.85. The fourth-order valence-corrected chi connectivity index (χ4v) is 1.07. The van der Waals surface area contributed by atoms with Crippen molar-refractivity contribution in [3.63, 3.8) is 0 Å². The first-order valence-corrected chi connectivity index (χ1v) is 4.24. The van der Waals surface area contributed by atoms with E-state index in [0.717, 1.165) is 0 Å². The van der Waals surface area contributed by atoms with Gasteiger partial charge in [0, 0.05) is 6.20 Å². The summed E-state index contributed by atoms with van der Waals surface area (Å²) < 4.78 is 0.571. The number of nitrogens with zero attached hydrogens (tertiary/aromatic N) is 1. The molecule has 0 fully saturated rings. The number of carbonyl (C=O) groups is 1. The van der Waals surface area contributed by atoms with Gasteiger partial charge >= 0.3 is 6.03 Å². The smallest absolute Gasteiger partial charge is 0.304 e. The Kier molecular flexibility index (Phi) is 3.66. The highest BCUT2D eigenvalue weighted by Gasteiger charge is 2.03. The topological polar surface area (TPSA) is 63.2 Å². The molecule has 2 amide bonds. The Morgan fingerprint density at radius 2 is 2.46 bits per heavy atom. The first-order valence-electron chi connectivity index (χ1n) is 3.44. The van der Waals surface area contributed by atoms with Crippen LogP contribution in [0, 0.1) is 0 Å². The summed E-state index contributed by atoms with van der Waals surface area (Å²) in [5, 5.41) is 2.53. The van der Waals surface area contributed by atoms with Crippen LogP contribution in [0.15, 0.2) is 22.9 Å². The lowest BCUT2D eigenvalue weighted by Crippen LogP contribution is -2.27. The Bertz CT molecular complexity index is 306. The summed E-state index contributed by atoms with van der Waals surface area (Å²) in [4.78, 5) is 19.3. The zero-order chi connectivity index (χ0) is 9.68. The van der Waals surface area contributed by atoms with E-state index in [-0.39, 0.29) is 0 Å². The van der Waals surface area contributed by atoms with Crippen LogP contribution in [0.25, 0.3) is 0 Å². The van der Waals surface area contributed by atoms with E-state index in [1.165, 1.54) is 7.11 Å². The molecule has 1 rings (SSSR count). The standard InChI is InChI=1S/C7H8BrN3O2/c1-13-11-7(12)10-5-3-2-4-9-6(5)8/h2-4H,1H3,(H2,10,11,12). The molecule has 0 saturated heterocycles. The van der Waals surface area contributed by atoms with Crippen LogP contribution < -0.4 is 10.8 Å². The maximum Gasteiger partial charge on any atom is 0.343 e. The van der Waals surface area contributed by atoms with Crippen LogP contribution in [-0.2, 0) is 4.84 Å². The zero-order valence-electron chi connectivity index (χ0n) is 6.87. The van der Waals surface area contributed by atoms with E-state index in [2.05, 4.69) is 36.5 Å². The minimum absolute atomic E-state index is 0.448. The Morgan fingerprint density at radius 3 is 3.08 bits per heavy atom. The highest BCUT2D eigenvalue weighted by molar-refractivity contribution is 9.10. The number of amides is 2. The molecular formula is C7H8BrN3O2. The Labute approximate surface area is 83.6 Å². The molecule has 13 heavy (non-hydrogen) atoms. The summed E-state index contributed by atoms with van der Waals surface area (Å²) in [6.45, 7) is 0. The number of urea groups is 1. The first kappa shape index (κ1) is 9.94. The first-order chi connectivity index (χ1) is 6.24. The molecule has 0 atom stereocenters. The number of halogens is 1. The van der Waals surface area contributed by atoms with Crippen LogP contribution in [0.5, 0.6) is 0 Å². The maximum absolute atomic E-state index is 11.0. The lowest BCUT2D eigenvalue weighted by Gasteiger charge is -2.05. The van der Waals surface area contributed by atoms with Gasteiger partial charge in [0.1, 0.15) is 4.60 Å². The molecule has 0 radical (unpaired) electrons. The molecule has 0 aromatic carbocycles. The second-order valence-electron chi connectivity index (χ2n) is 2.10. The van der Waals surface area contributed by atoms with Gasteiger partial charge in [0.25, 0.3) is 0 Å². The largest absolute Gasteiger partial charge is 0.343 e. The molecule has 70 valence electrons. The van der Waals surface area contributed by atoms with E-state index in [9.17, 15) is 4.79 Å². The average molecular weight is 246 g/mol. The highest BCUT2D eigenvalue weighted by atomic mass is 79.9. The Morgan fingerprint density at radius 1 is 1.69 bits per heavy atom. The number of pyridine rings is 1. The van der Waals surface area contributed by atoms with Crippen molar-refractivity contribution in [1.82, 2.24) is 10.5 Å². The van der Waals surface area contributed by atoms with Gasteiger partial charge in [-0.1, -0.05) is 0 Å². The third kappa shape index (κ3) is 3.00. The van der Waals surface area contributed by atoms with Crippen molar-refractivity contribution in [2.45, 2.75) is 0 Å². The number of hydrogen-bond donors (Lipinski definition) is 2. The highest BCUT2D eigenvalue weighted by Crippen LogP contribution is 2.17. The van der Waals surface area contributed by atoms with E-state index >= 15 is 0 Å². The van der Waals surface area contributed by atoms with Crippen LogP contribution >= 0.6 is 15.9 Å². The second kappa shape index (κ2) is 4.78. The number of anilines is 1. The van der Waals surface area contributed by atoms with Crippen molar-refractivity contribution >= 4 is 27.6 Å². The molecule has 0 unspecified atom stereocenters. The van der Waals surface area contributed by atoms with Crippen molar-refractivity contribution in [3.8, 4) is 0 Å². The quantitative estimate of drug-likeness (QED) is 0.614. The average Bonchev–Trinajstić information content (AvgIpc) is 2.09. The van der Waals surface area contributed by atoms with E-state index < -0.39 is 6.03 Å². The van der Waals surface area contributed by atoms with Gasteiger partial charge in [-0.2, -0.15) is 0 Å². The minimum Gasteiger partial charge on any atom is -0.304 e. The summed E-state index contributed by atoms with van der Waals surface area (Å²) in [5.74, 6) is 0. The van der Waals surface area contributed by atoms with Crippen LogP contribution in [0.2, 0.25) is 0 Å². The van der Waals surface area contributed by atoms with Crippen LogP contribution in [0.4, 0.5) is 10.5 Å². The summed E-state index contributed by atoms with van der Waals surface area (Å²) in [7, 11) is 1.36. The molecule has 6 heteroatoms. The normalized spacial score (nSPS) is 9.38. The van der Waals surface area contributed by atoms with Crippen molar-refractivity contribution in [3.05, 3.63) is 22.9 Å². The van der Waals surface area contributed by atoms with Gasteiger partial charge in [0.2, 0.25) is 0 Å². The number of hydrogen-bond acceptors (Lipinski definition) is 3. The van der Waals surface area contributed by atoms with Crippen molar-refractivity contribution in [1.29, 1.82) is 0 Å². The zero-order valence-corrected chi connectivity index (χ0v) is 8.46. The molecule has 0 bridgehead atoms. The molecule has 1 aromatic rings. The minimum atomic E-state index is -0.448. The third-order valence-electron chi connectivity index (χ3n) is 1.20. The summed E-state index contributed by atoms with van der Waals surface area (Å²) in [6, 6.07) is 2.98. The van der Waals surface area contributed by atoms with Gasteiger partial charge in [0.05, 0.1) is 12.8 Å². The fourth-order valence-electron chi connectivity index (χ4n) is 0.720. The molecule has 1 heterocycles. The molecule has 1 aromatic heterocycles. The predicted octanol–water partition coefficient (Wildman–Crippen LogP) is 1.53. The van der Waals surface area contributed by atoms with Gasteiger partial charge in [0.15, 0.2) is 0 Å². The lowest BCUT2D eigenvalue weighted by molar-refractivity contribution is 0.114. The van der Waals surface area contributed by atoms with E-state index in [0.29, 0.717) is 10.3 Å². The monoisotopic (exact) mass is 245 g/mol. The van der Waals surface area contributed by atoms with Gasteiger partial charge in [-0.05, 0) is 28.1 Å². The van der Waals surface area contributed by atoms with Crippen LogP contribution in [0.1, 0.15) is 0 Å². The molecule has 0 saturated carbocycles. The molecule has 2 N–H and O–H groups in total.